The average Bonchev–Trinajstić information content (AvgIpc) is 3.24. The number of fused-ring (bicyclic) bond motifs is 1. The molecule has 4 aromatic rings. The molecule has 0 atom stereocenters. The molecular formula is C27H27FN4O4. The number of aryl methyl sites for hydroxylation is 4. The van der Waals surface area contributed by atoms with Crippen LogP contribution in [0.15, 0.2) is 46.2 Å². The summed E-state index contributed by atoms with van der Waals surface area (Å²) in [5.41, 5.74) is 1.94. The number of pyridine rings is 2. The quantitative estimate of drug-likeness (QED) is 0.441. The van der Waals surface area contributed by atoms with E-state index in [4.69, 9.17) is 4.74 Å². The fraction of sp³-hybridized carbons (Fsp3) is 0.296. The number of amides is 1. The van der Waals surface area contributed by atoms with Crippen molar-refractivity contribution in [2.45, 2.75) is 39.2 Å². The van der Waals surface area contributed by atoms with Crippen LogP contribution in [0.1, 0.15) is 40.9 Å². The first-order valence-electron chi connectivity index (χ1n) is 11.8. The van der Waals surface area contributed by atoms with Gasteiger partial charge in [0.25, 0.3) is 17.0 Å². The second kappa shape index (κ2) is 8.82. The third-order valence-electron chi connectivity index (χ3n) is 6.79. The van der Waals surface area contributed by atoms with E-state index in [0.717, 1.165) is 19.3 Å². The van der Waals surface area contributed by atoms with Crippen molar-refractivity contribution < 1.29 is 13.9 Å². The van der Waals surface area contributed by atoms with E-state index in [1.165, 1.54) is 21.3 Å². The molecule has 1 aliphatic rings. The molecule has 0 bridgehead atoms. The lowest BCUT2D eigenvalue weighted by Gasteiger charge is -2.25. The Morgan fingerprint density at radius 2 is 1.72 bits per heavy atom. The lowest BCUT2D eigenvalue weighted by molar-refractivity contribution is 0.0912. The number of aromatic amines is 1. The summed E-state index contributed by atoms with van der Waals surface area (Å²) in [4.78, 5) is 42.0. The molecule has 5 rings (SSSR count). The minimum atomic E-state index is -0.392. The average molecular weight is 491 g/mol. The van der Waals surface area contributed by atoms with E-state index in [1.807, 2.05) is 0 Å². The summed E-state index contributed by atoms with van der Waals surface area (Å²) in [5, 5.41) is 3.48. The van der Waals surface area contributed by atoms with Crippen molar-refractivity contribution in [1.82, 2.24) is 19.4 Å². The van der Waals surface area contributed by atoms with Crippen LogP contribution in [0.5, 0.6) is 11.5 Å². The minimum absolute atomic E-state index is 0.0411. The number of rotatable bonds is 5. The Hall–Kier alpha value is -4.14. The third kappa shape index (κ3) is 4.00. The molecule has 1 aromatic carbocycles. The van der Waals surface area contributed by atoms with Crippen LogP contribution in [0.3, 0.4) is 0 Å². The van der Waals surface area contributed by atoms with Crippen molar-refractivity contribution in [2.24, 2.45) is 14.1 Å². The molecule has 3 heterocycles. The van der Waals surface area contributed by atoms with Crippen LogP contribution >= 0.6 is 0 Å². The van der Waals surface area contributed by atoms with Gasteiger partial charge in [-0.2, -0.15) is 0 Å². The number of H-pyrrole nitrogens is 1. The Morgan fingerprint density at radius 1 is 1.03 bits per heavy atom. The Labute approximate surface area is 206 Å². The molecule has 1 fully saturated rings. The maximum absolute atomic E-state index is 13.9. The molecule has 36 heavy (non-hydrogen) atoms. The summed E-state index contributed by atoms with van der Waals surface area (Å²) in [6.07, 6.45) is 6.20. The van der Waals surface area contributed by atoms with Gasteiger partial charge in [-0.25, -0.2) is 4.39 Å². The molecule has 0 radical (unpaired) electrons. The second-order valence-electron chi connectivity index (χ2n) is 9.48. The molecule has 2 N–H and O–H groups in total. The summed E-state index contributed by atoms with van der Waals surface area (Å²) < 4.78 is 22.8. The van der Waals surface area contributed by atoms with Crippen LogP contribution in [-0.4, -0.2) is 26.1 Å². The zero-order valence-corrected chi connectivity index (χ0v) is 20.6. The molecule has 3 aromatic heterocycles. The van der Waals surface area contributed by atoms with Gasteiger partial charge in [-0.05, 0) is 68.5 Å². The van der Waals surface area contributed by atoms with Crippen molar-refractivity contribution in [3.63, 3.8) is 0 Å². The number of nitrogens with zero attached hydrogens (tertiary/aromatic N) is 2. The number of hydrogen-bond acceptors (Lipinski definition) is 4. The summed E-state index contributed by atoms with van der Waals surface area (Å²) >= 11 is 0. The second-order valence-corrected chi connectivity index (χ2v) is 9.48. The highest BCUT2D eigenvalue weighted by Gasteiger charge is 2.24. The van der Waals surface area contributed by atoms with Crippen LogP contribution < -0.4 is 21.2 Å². The summed E-state index contributed by atoms with van der Waals surface area (Å²) in [6, 6.07) is 6.20. The predicted molar refractivity (Wildman–Crippen MR) is 135 cm³/mol. The minimum Gasteiger partial charge on any atom is -0.450 e. The molecule has 8 nitrogen and oxygen atoms in total. The Kier molecular flexibility index (Phi) is 5.78. The molecule has 1 saturated carbocycles. The molecule has 0 saturated heterocycles. The van der Waals surface area contributed by atoms with Crippen molar-refractivity contribution in [3.8, 4) is 22.6 Å². The van der Waals surface area contributed by atoms with Gasteiger partial charge in [0.05, 0.1) is 0 Å². The van der Waals surface area contributed by atoms with E-state index >= 15 is 0 Å². The van der Waals surface area contributed by atoms with E-state index in [1.54, 1.807) is 52.5 Å². The molecular weight excluding hydrogens is 463 g/mol. The highest BCUT2D eigenvalue weighted by molar-refractivity contribution is 6.03. The number of carbonyl (C=O) groups is 1. The molecule has 186 valence electrons. The Morgan fingerprint density at radius 3 is 2.36 bits per heavy atom. The van der Waals surface area contributed by atoms with Gasteiger partial charge >= 0.3 is 0 Å². The van der Waals surface area contributed by atoms with Gasteiger partial charge < -0.3 is 24.2 Å². The normalized spacial score (nSPS) is 13.6. The van der Waals surface area contributed by atoms with Crippen LogP contribution in [0.25, 0.3) is 22.0 Å². The van der Waals surface area contributed by atoms with Gasteiger partial charge in [-0.3, -0.25) is 14.4 Å². The molecule has 1 aliphatic carbocycles. The van der Waals surface area contributed by atoms with Crippen molar-refractivity contribution in [1.29, 1.82) is 0 Å². The molecule has 1 amide bonds. The van der Waals surface area contributed by atoms with E-state index in [9.17, 15) is 18.8 Å². The highest BCUT2D eigenvalue weighted by atomic mass is 19.1. The SMILES string of the molecule is Cc1cc(F)cc(C)c1Oc1c(-c2cn(C)c(=O)c3[nH]c(C(=O)NC4CCC4)cc23)ccn(C)c1=O. The number of halogens is 1. The fourth-order valence-corrected chi connectivity index (χ4v) is 4.56. The molecule has 0 spiro atoms. The zero-order valence-electron chi connectivity index (χ0n) is 20.6. The largest absolute Gasteiger partial charge is 0.450 e. The van der Waals surface area contributed by atoms with E-state index in [2.05, 4.69) is 10.3 Å². The third-order valence-corrected chi connectivity index (χ3v) is 6.79. The lowest BCUT2D eigenvalue weighted by Crippen LogP contribution is -2.39. The zero-order chi connectivity index (χ0) is 25.7. The maximum atomic E-state index is 13.9. The van der Waals surface area contributed by atoms with E-state index < -0.39 is 11.4 Å². The first kappa shape index (κ1) is 23.6. The molecule has 0 aliphatic heterocycles. The van der Waals surface area contributed by atoms with E-state index in [-0.39, 0.29) is 34.5 Å². The fourth-order valence-electron chi connectivity index (χ4n) is 4.56. The van der Waals surface area contributed by atoms with Crippen LogP contribution in [0.2, 0.25) is 0 Å². The van der Waals surface area contributed by atoms with Crippen LogP contribution in [0.4, 0.5) is 4.39 Å². The first-order chi connectivity index (χ1) is 17.1. The number of benzene rings is 1. The van der Waals surface area contributed by atoms with Crippen molar-refractivity contribution >= 4 is 16.8 Å². The highest BCUT2D eigenvalue weighted by Crippen LogP contribution is 2.36. The van der Waals surface area contributed by atoms with Gasteiger partial charge in [0, 0.05) is 49.0 Å². The van der Waals surface area contributed by atoms with Crippen molar-refractivity contribution in [3.05, 3.63) is 80.0 Å². The van der Waals surface area contributed by atoms with Gasteiger partial charge in [0.1, 0.15) is 22.8 Å². The summed E-state index contributed by atoms with van der Waals surface area (Å²) in [6.45, 7) is 3.42. The van der Waals surface area contributed by atoms with Gasteiger partial charge in [0.15, 0.2) is 5.75 Å². The Bertz CT molecular complexity index is 1620. The van der Waals surface area contributed by atoms with Crippen molar-refractivity contribution in [2.75, 3.05) is 0 Å². The number of aromatic nitrogens is 3. The molecule has 0 unspecified atom stereocenters. The summed E-state index contributed by atoms with van der Waals surface area (Å²) in [7, 11) is 3.22. The smallest absolute Gasteiger partial charge is 0.293 e. The van der Waals surface area contributed by atoms with Crippen LogP contribution in [-0.2, 0) is 14.1 Å². The van der Waals surface area contributed by atoms with Crippen LogP contribution in [0, 0.1) is 19.7 Å². The van der Waals surface area contributed by atoms with Gasteiger partial charge in [0.2, 0.25) is 0 Å². The topological polar surface area (TPSA) is 98.1 Å². The van der Waals surface area contributed by atoms with E-state index in [0.29, 0.717) is 33.4 Å². The Balaban J connectivity index is 1.69. The number of hydrogen-bond donors (Lipinski definition) is 2. The lowest BCUT2D eigenvalue weighted by atomic mass is 9.93. The monoisotopic (exact) mass is 490 g/mol. The number of carbonyl (C=O) groups excluding carboxylic acids is 1. The maximum Gasteiger partial charge on any atom is 0.293 e. The first-order valence-corrected chi connectivity index (χ1v) is 11.8. The molecule has 9 heteroatoms. The summed E-state index contributed by atoms with van der Waals surface area (Å²) in [5.74, 6) is -0.240. The number of ether oxygens (including phenoxy) is 1. The van der Waals surface area contributed by atoms with Gasteiger partial charge in [-0.1, -0.05) is 0 Å². The standard InChI is InChI=1S/C27H27FN4O4/c1-14-10-16(28)11-15(2)23(14)36-24-18(8-9-31(3)27(24)35)20-13-32(4)26(34)22-19(20)12-21(30-22)25(33)29-17-6-5-7-17/h8-13,17,30H,5-7H2,1-4H3,(H,29,33). The predicted octanol–water partition coefficient (Wildman–Crippen LogP) is 4.06. The number of nitrogens with one attached hydrogen (secondary N) is 2. The van der Waals surface area contributed by atoms with Gasteiger partial charge in [-0.15, -0.1) is 0 Å².